The van der Waals surface area contributed by atoms with Crippen molar-refractivity contribution in [3.8, 4) is 11.1 Å². The zero-order chi connectivity index (χ0) is 26.1. The zero-order valence-electron chi connectivity index (χ0n) is 21.2. The minimum atomic E-state index is -3.44. The molecule has 0 spiro atoms. The Balaban J connectivity index is 1.14. The topological polar surface area (TPSA) is 90.9 Å². The van der Waals surface area contributed by atoms with Gasteiger partial charge in [0.2, 0.25) is 5.91 Å². The summed E-state index contributed by atoms with van der Waals surface area (Å²) in [5, 5.41) is 6.25. The van der Waals surface area contributed by atoms with Crippen molar-refractivity contribution >= 4 is 21.6 Å². The summed E-state index contributed by atoms with van der Waals surface area (Å²) in [5.74, 6) is 0.850. The van der Waals surface area contributed by atoms with Crippen molar-refractivity contribution in [1.29, 1.82) is 0 Å². The fourth-order valence-corrected chi connectivity index (χ4v) is 5.30. The number of rotatable bonds is 12. The van der Waals surface area contributed by atoms with Gasteiger partial charge in [0.05, 0.1) is 11.4 Å². The number of sulfone groups is 1. The molecule has 0 saturated heterocycles. The van der Waals surface area contributed by atoms with Crippen LogP contribution in [-0.4, -0.2) is 64.2 Å². The van der Waals surface area contributed by atoms with Gasteiger partial charge in [-0.05, 0) is 48.2 Å². The van der Waals surface area contributed by atoms with E-state index in [9.17, 15) is 13.2 Å². The highest BCUT2D eigenvalue weighted by molar-refractivity contribution is 7.91. The molecular weight excluding hydrogens is 484 g/mol. The number of hydrogen-bond acceptors (Lipinski definition) is 6. The first kappa shape index (κ1) is 26.6. The molecule has 2 N–H and O–H groups in total. The van der Waals surface area contributed by atoms with Gasteiger partial charge in [-0.25, -0.2) is 8.42 Å². The highest BCUT2D eigenvalue weighted by Crippen LogP contribution is 2.21. The third kappa shape index (κ3) is 7.50. The van der Waals surface area contributed by atoms with E-state index >= 15 is 0 Å². The number of hydrogen-bond donors (Lipinski definition) is 2. The lowest BCUT2D eigenvalue weighted by molar-refractivity contribution is -0.129. The van der Waals surface area contributed by atoms with Crippen LogP contribution in [0.5, 0.6) is 0 Å². The summed E-state index contributed by atoms with van der Waals surface area (Å²) >= 11 is 0. The Hall–Kier alpha value is -3.49. The molecule has 8 heteroatoms. The van der Waals surface area contributed by atoms with Crippen LogP contribution in [0.2, 0.25) is 0 Å². The largest absolute Gasteiger partial charge is 0.368 e. The molecule has 37 heavy (non-hydrogen) atoms. The van der Waals surface area contributed by atoms with Crippen LogP contribution in [-0.2, 0) is 21.1 Å². The SMILES string of the molecule is CN(CCc1ccc(C2=NCCN2)cc1)C(=O)CCCNCS(=O)(=O)c1ccc(-c2ccccc2)cc1. The van der Waals surface area contributed by atoms with Crippen LogP contribution in [0.25, 0.3) is 11.1 Å². The molecule has 1 amide bonds. The number of aliphatic imine (C=N–C) groups is 1. The molecule has 7 nitrogen and oxygen atoms in total. The normalized spacial score (nSPS) is 13.2. The summed E-state index contributed by atoms with van der Waals surface area (Å²) in [7, 11) is -1.63. The monoisotopic (exact) mass is 518 g/mol. The molecule has 194 valence electrons. The number of likely N-dealkylation sites (N-methyl/N-ethyl adjacent to an activating group) is 1. The second-order valence-corrected chi connectivity index (χ2v) is 11.2. The van der Waals surface area contributed by atoms with Crippen LogP contribution in [0.15, 0.2) is 88.8 Å². The van der Waals surface area contributed by atoms with Crippen LogP contribution >= 0.6 is 0 Å². The lowest BCUT2D eigenvalue weighted by Crippen LogP contribution is -2.30. The number of benzene rings is 3. The molecule has 0 aliphatic carbocycles. The summed E-state index contributed by atoms with van der Waals surface area (Å²) in [6.07, 6.45) is 1.73. The van der Waals surface area contributed by atoms with Crippen LogP contribution in [0.3, 0.4) is 0 Å². The molecule has 3 aromatic carbocycles. The second kappa shape index (κ2) is 12.7. The molecule has 0 unspecified atom stereocenters. The molecule has 1 heterocycles. The zero-order valence-corrected chi connectivity index (χ0v) is 22.0. The van der Waals surface area contributed by atoms with Gasteiger partial charge in [0.1, 0.15) is 11.7 Å². The van der Waals surface area contributed by atoms with Gasteiger partial charge in [-0.2, -0.15) is 0 Å². The maximum Gasteiger partial charge on any atom is 0.222 e. The summed E-state index contributed by atoms with van der Waals surface area (Å²) in [4.78, 5) is 18.9. The fraction of sp³-hybridized carbons (Fsp3) is 0.310. The standard InChI is InChI=1S/C29H34N4O3S/c1-33(21-17-23-9-11-26(12-10-23)29-31-19-20-32-29)28(34)8-5-18-30-22-37(35,36)27-15-13-25(14-16-27)24-6-3-2-4-7-24/h2-4,6-7,9-16,30H,5,8,17-22H2,1H3,(H,31,32). The summed E-state index contributed by atoms with van der Waals surface area (Å²) in [6, 6.07) is 25.1. The van der Waals surface area contributed by atoms with Crippen LogP contribution in [0.1, 0.15) is 24.0 Å². The first-order valence-electron chi connectivity index (χ1n) is 12.6. The van der Waals surface area contributed by atoms with Gasteiger partial charge in [-0.15, -0.1) is 0 Å². The van der Waals surface area contributed by atoms with Crippen molar-refractivity contribution < 1.29 is 13.2 Å². The predicted octanol–water partition coefficient (Wildman–Crippen LogP) is 3.51. The number of amides is 1. The van der Waals surface area contributed by atoms with Gasteiger partial charge < -0.3 is 15.5 Å². The predicted molar refractivity (Wildman–Crippen MR) is 148 cm³/mol. The molecule has 0 saturated carbocycles. The van der Waals surface area contributed by atoms with Gasteiger partial charge in [0.25, 0.3) is 0 Å². The van der Waals surface area contributed by atoms with E-state index in [1.807, 2.05) is 49.5 Å². The minimum absolute atomic E-state index is 0.0577. The molecule has 0 bridgehead atoms. The van der Waals surface area contributed by atoms with E-state index in [0.717, 1.165) is 42.0 Å². The average molecular weight is 519 g/mol. The van der Waals surface area contributed by atoms with Gasteiger partial charge in [0, 0.05) is 32.1 Å². The smallest absolute Gasteiger partial charge is 0.222 e. The summed E-state index contributed by atoms with van der Waals surface area (Å²) in [6.45, 7) is 2.80. The number of nitrogens with zero attached hydrogens (tertiary/aromatic N) is 2. The lowest BCUT2D eigenvalue weighted by Gasteiger charge is -2.17. The van der Waals surface area contributed by atoms with Crippen molar-refractivity contribution in [3.63, 3.8) is 0 Å². The quantitative estimate of drug-likeness (QED) is 0.358. The Morgan fingerprint density at radius 3 is 2.30 bits per heavy atom. The van der Waals surface area contributed by atoms with E-state index in [2.05, 4.69) is 39.9 Å². The van der Waals surface area contributed by atoms with E-state index in [4.69, 9.17) is 0 Å². The molecule has 0 fully saturated rings. The Bertz CT molecular complexity index is 1310. The van der Waals surface area contributed by atoms with Gasteiger partial charge in [-0.1, -0.05) is 66.7 Å². The number of carbonyl (C=O) groups excluding carboxylic acids is 1. The first-order chi connectivity index (χ1) is 17.9. The summed E-state index contributed by atoms with van der Waals surface area (Å²) < 4.78 is 25.3. The van der Waals surface area contributed by atoms with Crippen molar-refractivity contribution in [1.82, 2.24) is 15.5 Å². The third-order valence-electron chi connectivity index (χ3n) is 6.42. The molecular formula is C29H34N4O3S. The second-order valence-electron chi connectivity index (χ2n) is 9.17. The van der Waals surface area contributed by atoms with Gasteiger partial charge in [0.15, 0.2) is 9.84 Å². The van der Waals surface area contributed by atoms with E-state index in [1.165, 1.54) is 5.56 Å². The molecule has 4 rings (SSSR count). The minimum Gasteiger partial charge on any atom is -0.368 e. The van der Waals surface area contributed by atoms with E-state index < -0.39 is 9.84 Å². The van der Waals surface area contributed by atoms with Crippen molar-refractivity contribution in [2.24, 2.45) is 4.99 Å². The van der Waals surface area contributed by atoms with Crippen LogP contribution in [0.4, 0.5) is 0 Å². The Morgan fingerprint density at radius 2 is 1.62 bits per heavy atom. The molecule has 1 aliphatic heterocycles. The van der Waals surface area contributed by atoms with E-state index in [1.54, 1.807) is 17.0 Å². The molecule has 0 radical (unpaired) electrons. The Kier molecular flexibility index (Phi) is 9.09. The Labute approximate surface area is 219 Å². The van der Waals surface area contributed by atoms with E-state index in [0.29, 0.717) is 25.9 Å². The molecule has 0 atom stereocenters. The number of amidine groups is 1. The molecule has 0 aromatic heterocycles. The summed E-state index contributed by atoms with van der Waals surface area (Å²) in [5.41, 5.74) is 4.28. The van der Waals surface area contributed by atoms with Gasteiger partial charge >= 0.3 is 0 Å². The van der Waals surface area contributed by atoms with Crippen molar-refractivity contribution in [2.75, 3.05) is 39.1 Å². The maximum atomic E-state index is 12.7. The highest BCUT2D eigenvalue weighted by Gasteiger charge is 2.15. The van der Waals surface area contributed by atoms with Crippen LogP contribution in [0, 0.1) is 0 Å². The third-order valence-corrected chi connectivity index (χ3v) is 7.99. The lowest BCUT2D eigenvalue weighted by atomic mass is 10.1. The molecule has 3 aromatic rings. The number of nitrogens with one attached hydrogen (secondary N) is 2. The maximum absolute atomic E-state index is 12.7. The molecule has 1 aliphatic rings. The van der Waals surface area contributed by atoms with E-state index in [-0.39, 0.29) is 16.7 Å². The van der Waals surface area contributed by atoms with Crippen molar-refractivity contribution in [3.05, 3.63) is 90.0 Å². The van der Waals surface area contributed by atoms with Crippen LogP contribution < -0.4 is 10.6 Å². The fourth-order valence-electron chi connectivity index (χ4n) is 4.17. The first-order valence-corrected chi connectivity index (χ1v) is 14.3. The van der Waals surface area contributed by atoms with Gasteiger partial charge in [-0.3, -0.25) is 9.79 Å². The average Bonchev–Trinajstić information content (AvgIpc) is 3.47. The highest BCUT2D eigenvalue weighted by atomic mass is 32.2. The number of carbonyl (C=O) groups is 1. The Morgan fingerprint density at radius 1 is 0.946 bits per heavy atom. The van der Waals surface area contributed by atoms with Crippen molar-refractivity contribution in [2.45, 2.75) is 24.2 Å².